The van der Waals surface area contributed by atoms with Crippen LogP contribution in [0, 0.1) is 11.8 Å². The van der Waals surface area contributed by atoms with Crippen LogP contribution >= 0.6 is 0 Å². The molecule has 1 saturated carbocycles. The van der Waals surface area contributed by atoms with Crippen molar-refractivity contribution in [2.45, 2.75) is 25.3 Å². The van der Waals surface area contributed by atoms with Crippen molar-refractivity contribution >= 4 is 17.6 Å². The highest BCUT2D eigenvalue weighted by molar-refractivity contribution is 6.00. The smallest absolute Gasteiger partial charge is 0.235 e. The largest absolute Gasteiger partial charge is 0.399 e. The topological polar surface area (TPSA) is 97.6 Å². The Hall–Kier alpha value is -2.89. The number of anilines is 1. The Bertz CT molecular complexity index is 905. The van der Waals surface area contributed by atoms with Gasteiger partial charge in [0.25, 0.3) is 0 Å². The van der Waals surface area contributed by atoms with Crippen LogP contribution in [0.5, 0.6) is 0 Å². The minimum Gasteiger partial charge on any atom is -0.399 e. The molecule has 2 atom stereocenters. The number of nitrogen functional groups attached to an aromatic ring is 1. The van der Waals surface area contributed by atoms with E-state index in [2.05, 4.69) is 4.98 Å². The quantitative estimate of drug-likeness (QED) is 0.831. The van der Waals surface area contributed by atoms with Crippen LogP contribution in [0.2, 0.25) is 0 Å². The Kier molecular flexibility index (Phi) is 3.72. The summed E-state index contributed by atoms with van der Waals surface area (Å²) in [6.07, 6.45) is 3.88. The molecule has 0 unspecified atom stereocenters. The summed E-state index contributed by atoms with van der Waals surface area (Å²) < 4.78 is 0. The van der Waals surface area contributed by atoms with E-state index in [1.807, 2.05) is 43.3 Å². The number of benzene rings is 1. The number of aromatic nitrogens is 1. The van der Waals surface area contributed by atoms with Crippen LogP contribution in [-0.4, -0.2) is 28.8 Å². The van der Waals surface area contributed by atoms with Crippen molar-refractivity contribution < 1.29 is 4.79 Å². The summed E-state index contributed by atoms with van der Waals surface area (Å²) in [4.78, 5) is 23.7. The van der Waals surface area contributed by atoms with Crippen LogP contribution in [0.4, 0.5) is 5.69 Å². The van der Waals surface area contributed by atoms with Gasteiger partial charge in [0, 0.05) is 24.5 Å². The van der Waals surface area contributed by atoms with Gasteiger partial charge >= 0.3 is 0 Å². The fraction of sp³-hybridized carbons (Fsp3) is 0.350. The summed E-state index contributed by atoms with van der Waals surface area (Å²) in [5.41, 5.74) is 14.7. The number of hydrogen-bond donors (Lipinski definition) is 2. The molecule has 1 aliphatic carbocycles. The Morgan fingerprint density at radius 2 is 1.96 bits per heavy atom. The SMILES string of the molecule is CN1C(=O)[C@@H](C2CC2)[C@@](C)(c2ccnc(-c3cccc(N)c3)c2)N=C1N. The highest BCUT2D eigenvalue weighted by atomic mass is 16.2. The summed E-state index contributed by atoms with van der Waals surface area (Å²) in [5, 5.41) is 0. The number of nitrogens with zero attached hydrogens (tertiary/aromatic N) is 3. The molecule has 0 saturated heterocycles. The molecular weight excluding hydrogens is 326 g/mol. The van der Waals surface area contributed by atoms with Crippen LogP contribution in [0.1, 0.15) is 25.3 Å². The highest BCUT2D eigenvalue weighted by Crippen LogP contribution is 2.50. The molecule has 2 heterocycles. The fourth-order valence-electron chi connectivity index (χ4n) is 3.88. The summed E-state index contributed by atoms with van der Waals surface area (Å²) in [6, 6.07) is 11.5. The maximum Gasteiger partial charge on any atom is 0.235 e. The Morgan fingerprint density at radius 3 is 2.65 bits per heavy atom. The second kappa shape index (κ2) is 5.83. The van der Waals surface area contributed by atoms with Crippen molar-refractivity contribution in [3.05, 3.63) is 48.2 Å². The lowest BCUT2D eigenvalue weighted by Crippen LogP contribution is -2.54. The van der Waals surface area contributed by atoms with Gasteiger partial charge in [0.15, 0.2) is 5.96 Å². The van der Waals surface area contributed by atoms with Gasteiger partial charge in [-0.15, -0.1) is 0 Å². The summed E-state index contributed by atoms with van der Waals surface area (Å²) in [5.74, 6) is 0.466. The summed E-state index contributed by atoms with van der Waals surface area (Å²) >= 11 is 0. The molecule has 6 nitrogen and oxygen atoms in total. The van der Waals surface area contributed by atoms with E-state index in [0.717, 1.165) is 29.7 Å². The number of aliphatic imine (C=N–C) groups is 1. The van der Waals surface area contributed by atoms with E-state index in [4.69, 9.17) is 16.5 Å². The van der Waals surface area contributed by atoms with Gasteiger partial charge < -0.3 is 11.5 Å². The number of amides is 1. The molecule has 2 aliphatic rings. The van der Waals surface area contributed by atoms with Crippen LogP contribution in [-0.2, 0) is 10.3 Å². The lowest BCUT2D eigenvalue weighted by molar-refractivity contribution is -0.135. The first kappa shape index (κ1) is 16.6. The normalized spacial score (nSPS) is 25.9. The Morgan fingerprint density at radius 1 is 1.19 bits per heavy atom. The van der Waals surface area contributed by atoms with Gasteiger partial charge in [-0.05, 0) is 55.5 Å². The first-order valence-corrected chi connectivity index (χ1v) is 8.85. The summed E-state index contributed by atoms with van der Waals surface area (Å²) in [7, 11) is 1.70. The zero-order chi connectivity index (χ0) is 18.5. The van der Waals surface area contributed by atoms with Crippen molar-refractivity contribution in [2.24, 2.45) is 22.6 Å². The molecule has 0 bridgehead atoms. The lowest BCUT2D eigenvalue weighted by Gasteiger charge is -2.41. The van der Waals surface area contributed by atoms with Gasteiger partial charge in [-0.25, -0.2) is 4.99 Å². The van der Waals surface area contributed by atoms with Gasteiger partial charge in [-0.1, -0.05) is 12.1 Å². The first-order valence-electron chi connectivity index (χ1n) is 8.85. The standard InChI is InChI=1S/C20H23N5O/c1-20(17(12-6-7-12)18(26)25(2)19(22)24-20)14-8-9-23-16(11-14)13-4-3-5-15(21)10-13/h3-5,8-12,17H,6-7,21H2,1-2H3,(H2,22,24)/t17-,20-/m1/s1. The minimum atomic E-state index is -0.688. The number of pyridine rings is 1. The van der Waals surface area contributed by atoms with E-state index in [1.165, 1.54) is 4.90 Å². The van der Waals surface area contributed by atoms with E-state index in [9.17, 15) is 4.79 Å². The molecule has 1 aromatic carbocycles. The maximum atomic E-state index is 12.9. The highest BCUT2D eigenvalue weighted by Gasteiger charge is 2.53. The average molecular weight is 349 g/mol. The molecule has 1 amide bonds. The monoisotopic (exact) mass is 349 g/mol. The molecule has 4 rings (SSSR count). The van der Waals surface area contributed by atoms with Crippen LogP contribution in [0.15, 0.2) is 47.6 Å². The molecule has 26 heavy (non-hydrogen) atoms. The van der Waals surface area contributed by atoms with Crippen molar-refractivity contribution in [1.29, 1.82) is 0 Å². The number of nitrogens with two attached hydrogens (primary N) is 2. The van der Waals surface area contributed by atoms with Crippen molar-refractivity contribution in [3.63, 3.8) is 0 Å². The van der Waals surface area contributed by atoms with Crippen LogP contribution in [0.3, 0.4) is 0 Å². The number of hydrogen-bond acceptors (Lipinski definition) is 5. The van der Waals surface area contributed by atoms with Crippen molar-refractivity contribution in [1.82, 2.24) is 9.88 Å². The lowest BCUT2D eigenvalue weighted by atomic mass is 9.75. The molecule has 2 aromatic rings. The fourth-order valence-corrected chi connectivity index (χ4v) is 3.88. The predicted octanol–water partition coefficient (Wildman–Crippen LogP) is 2.36. The maximum absolute atomic E-state index is 12.9. The Balaban J connectivity index is 1.82. The number of carbonyl (C=O) groups is 1. The average Bonchev–Trinajstić information content (AvgIpc) is 3.45. The molecule has 1 aliphatic heterocycles. The second-order valence-electron chi connectivity index (χ2n) is 7.39. The molecule has 0 radical (unpaired) electrons. The van der Waals surface area contributed by atoms with E-state index in [-0.39, 0.29) is 17.8 Å². The third-order valence-corrected chi connectivity index (χ3v) is 5.51. The molecule has 1 aromatic heterocycles. The van der Waals surface area contributed by atoms with E-state index < -0.39 is 5.54 Å². The van der Waals surface area contributed by atoms with Gasteiger partial charge in [0.1, 0.15) is 0 Å². The van der Waals surface area contributed by atoms with Crippen molar-refractivity contribution in [3.8, 4) is 11.3 Å². The number of carbonyl (C=O) groups excluding carboxylic acids is 1. The number of rotatable bonds is 3. The van der Waals surface area contributed by atoms with E-state index >= 15 is 0 Å². The van der Waals surface area contributed by atoms with Crippen LogP contribution < -0.4 is 11.5 Å². The molecule has 0 spiro atoms. The molecule has 6 heteroatoms. The van der Waals surface area contributed by atoms with Gasteiger partial charge in [0.2, 0.25) is 5.91 Å². The third-order valence-electron chi connectivity index (χ3n) is 5.51. The Labute approximate surface area is 152 Å². The molecule has 1 fully saturated rings. The van der Waals surface area contributed by atoms with Gasteiger partial charge in [-0.2, -0.15) is 0 Å². The minimum absolute atomic E-state index is 0.0461. The molecular formula is C20H23N5O. The van der Waals surface area contributed by atoms with Gasteiger partial charge in [0.05, 0.1) is 17.2 Å². The zero-order valence-electron chi connectivity index (χ0n) is 15.0. The van der Waals surface area contributed by atoms with E-state index in [1.54, 1.807) is 13.2 Å². The van der Waals surface area contributed by atoms with Crippen LogP contribution in [0.25, 0.3) is 11.3 Å². The second-order valence-corrected chi connectivity index (χ2v) is 7.39. The molecule has 4 N–H and O–H groups in total. The summed E-state index contributed by atoms with van der Waals surface area (Å²) in [6.45, 7) is 2.01. The predicted molar refractivity (Wildman–Crippen MR) is 102 cm³/mol. The first-order chi connectivity index (χ1) is 12.4. The number of guanidine groups is 1. The molecule has 134 valence electrons. The third kappa shape index (κ3) is 2.62. The van der Waals surface area contributed by atoms with Crippen molar-refractivity contribution in [2.75, 3.05) is 12.8 Å². The van der Waals surface area contributed by atoms with Gasteiger partial charge in [-0.3, -0.25) is 14.7 Å². The van der Waals surface area contributed by atoms with E-state index in [0.29, 0.717) is 11.6 Å². The zero-order valence-corrected chi connectivity index (χ0v) is 15.0.